The predicted octanol–water partition coefficient (Wildman–Crippen LogP) is 1.44. The van der Waals surface area contributed by atoms with Gasteiger partial charge >= 0.3 is 5.97 Å². The Kier molecular flexibility index (Phi) is 5.75. The lowest BCUT2D eigenvalue weighted by Gasteiger charge is -2.15. The molecule has 1 aliphatic rings. The zero-order chi connectivity index (χ0) is 16.9. The zero-order valence-corrected chi connectivity index (χ0v) is 13.4. The van der Waals surface area contributed by atoms with Crippen molar-refractivity contribution in [1.82, 2.24) is 4.72 Å². The molecule has 1 atom stereocenters. The Bertz CT molecular complexity index is 681. The molecule has 1 aromatic carbocycles. The smallest absolute Gasteiger partial charge is 0.335 e. The molecule has 7 nitrogen and oxygen atoms in total. The van der Waals surface area contributed by atoms with Crippen LogP contribution in [-0.2, 0) is 14.8 Å². The molecule has 0 aromatic heterocycles. The van der Waals surface area contributed by atoms with E-state index in [2.05, 4.69) is 16.6 Å². The second-order valence-corrected chi connectivity index (χ2v) is 6.91. The van der Waals surface area contributed by atoms with Crippen LogP contribution in [-0.4, -0.2) is 45.3 Å². The fraction of sp³-hybridized carbons (Fsp3) is 0.400. The summed E-state index contributed by atoms with van der Waals surface area (Å²) in [5.74, 6) is -1.18. The monoisotopic (exact) mass is 340 g/mol. The molecule has 1 heterocycles. The van der Waals surface area contributed by atoms with Gasteiger partial charge in [-0.3, -0.25) is 0 Å². The van der Waals surface area contributed by atoms with Gasteiger partial charge in [0.1, 0.15) is 4.90 Å². The average Bonchev–Trinajstić information content (AvgIpc) is 3.04. The number of hydrogen-bond acceptors (Lipinski definition) is 5. The summed E-state index contributed by atoms with van der Waals surface area (Å²) in [6, 6.07) is 3.94. The topological polar surface area (TPSA) is 105 Å². The summed E-state index contributed by atoms with van der Waals surface area (Å²) in [5, 5.41) is 12.0. The highest BCUT2D eigenvalue weighted by Gasteiger charge is 2.23. The SMILES string of the molecule is C=CCNc1ccc(C(=O)O)cc1S(=O)(=O)NCC1CCCO1. The van der Waals surface area contributed by atoms with Crippen LogP contribution in [0.4, 0.5) is 5.69 Å². The third kappa shape index (κ3) is 4.54. The van der Waals surface area contributed by atoms with Crippen molar-refractivity contribution in [3.63, 3.8) is 0 Å². The maximum atomic E-state index is 12.5. The first-order valence-electron chi connectivity index (χ1n) is 7.27. The molecule has 23 heavy (non-hydrogen) atoms. The maximum Gasteiger partial charge on any atom is 0.335 e. The quantitative estimate of drug-likeness (QED) is 0.619. The Hall–Kier alpha value is -1.90. The molecule has 0 spiro atoms. The van der Waals surface area contributed by atoms with E-state index in [1.807, 2.05) is 0 Å². The maximum absolute atomic E-state index is 12.5. The third-order valence-electron chi connectivity index (χ3n) is 3.48. The third-order valence-corrected chi connectivity index (χ3v) is 4.94. The van der Waals surface area contributed by atoms with Gasteiger partial charge in [-0.25, -0.2) is 17.9 Å². The number of carbonyl (C=O) groups is 1. The summed E-state index contributed by atoms with van der Waals surface area (Å²) >= 11 is 0. The molecule has 1 unspecified atom stereocenters. The van der Waals surface area contributed by atoms with E-state index >= 15 is 0 Å². The number of hydrogen-bond donors (Lipinski definition) is 3. The van der Waals surface area contributed by atoms with Crippen LogP contribution in [0.3, 0.4) is 0 Å². The van der Waals surface area contributed by atoms with Crippen molar-refractivity contribution in [1.29, 1.82) is 0 Å². The molecule has 8 heteroatoms. The van der Waals surface area contributed by atoms with Gasteiger partial charge in [-0.05, 0) is 31.0 Å². The van der Waals surface area contributed by atoms with Gasteiger partial charge in [-0.2, -0.15) is 0 Å². The molecule has 0 bridgehead atoms. The van der Waals surface area contributed by atoms with E-state index in [1.54, 1.807) is 6.08 Å². The number of nitrogens with one attached hydrogen (secondary N) is 2. The standard InChI is InChI=1S/C15H20N2O5S/c1-2-7-16-13-6-5-11(15(18)19)9-14(13)23(20,21)17-10-12-4-3-8-22-12/h2,5-6,9,12,16-17H,1,3-4,7-8,10H2,(H,18,19). The van der Waals surface area contributed by atoms with Crippen molar-refractivity contribution in [2.24, 2.45) is 0 Å². The highest BCUT2D eigenvalue weighted by atomic mass is 32.2. The minimum absolute atomic E-state index is 0.0911. The molecule has 3 N–H and O–H groups in total. The van der Waals surface area contributed by atoms with Gasteiger partial charge in [0.15, 0.2) is 0 Å². The lowest BCUT2D eigenvalue weighted by Crippen LogP contribution is -2.32. The van der Waals surface area contributed by atoms with E-state index in [0.29, 0.717) is 18.8 Å². The van der Waals surface area contributed by atoms with Gasteiger partial charge in [-0.1, -0.05) is 6.08 Å². The van der Waals surface area contributed by atoms with Gasteiger partial charge in [0.05, 0.1) is 17.4 Å². The molecule has 1 saturated heterocycles. The minimum atomic E-state index is -3.85. The minimum Gasteiger partial charge on any atom is -0.478 e. The summed E-state index contributed by atoms with van der Waals surface area (Å²) < 4.78 is 32.9. The lowest BCUT2D eigenvalue weighted by molar-refractivity contribution is 0.0696. The Balaban J connectivity index is 2.26. The van der Waals surface area contributed by atoms with E-state index < -0.39 is 16.0 Å². The molecule has 0 radical (unpaired) electrons. The summed E-state index contributed by atoms with van der Waals surface area (Å²) in [6.07, 6.45) is 3.16. The molecule has 1 aromatic rings. The summed E-state index contributed by atoms with van der Waals surface area (Å²) in [6.45, 7) is 4.72. The first-order valence-corrected chi connectivity index (χ1v) is 8.75. The molecule has 0 amide bonds. The molecule has 126 valence electrons. The lowest BCUT2D eigenvalue weighted by atomic mass is 10.2. The van der Waals surface area contributed by atoms with Gasteiger partial charge in [0.2, 0.25) is 10.0 Å². The fourth-order valence-electron chi connectivity index (χ4n) is 2.29. The summed E-state index contributed by atoms with van der Waals surface area (Å²) in [5.41, 5.74) is 0.237. The van der Waals surface area contributed by atoms with Crippen molar-refractivity contribution in [2.75, 3.05) is 25.0 Å². The highest BCUT2D eigenvalue weighted by molar-refractivity contribution is 7.89. The van der Waals surface area contributed by atoms with Crippen LogP contribution in [0, 0.1) is 0 Å². The number of ether oxygens (including phenoxy) is 1. The Morgan fingerprint density at radius 1 is 1.48 bits per heavy atom. The first kappa shape index (κ1) is 17.5. The molecule has 1 fully saturated rings. The predicted molar refractivity (Wildman–Crippen MR) is 86.3 cm³/mol. The fourth-order valence-corrected chi connectivity index (χ4v) is 3.56. The Morgan fingerprint density at radius 2 is 2.26 bits per heavy atom. The number of anilines is 1. The summed E-state index contributed by atoms with van der Waals surface area (Å²) in [4.78, 5) is 11.0. The van der Waals surface area contributed by atoms with Gasteiger partial charge in [-0.15, -0.1) is 6.58 Å². The van der Waals surface area contributed by atoms with Gasteiger partial charge < -0.3 is 15.2 Å². The van der Waals surface area contributed by atoms with Crippen molar-refractivity contribution < 1.29 is 23.1 Å². The number of benzene rings is 1. The van der Waals surface area contributed by atoms with Gasteiger partial charge in [0, 0.05) is 19.7 Å². The molecule has 0 saturated carbocycles. The molecular formula is C15H20N2O5S. The highest BCUT2D eigenvalue weighted by Crippen LogP contribution is 2.23. The van der Waals surface area contributed by atoms with Crippen LogP contribution in [0.15, 0.2) is 35.7 Å². The molecule has 2 rings (SSSR count). The number of rotatable bonds is 8. The van der Waals surface area contributed by atoms with Crippen LogP contribution < -0.4 is 10.0 Å². The van der Waals surface area contributed by atoms with Crippen molar-refractivity contribution in [3.05, 3.63) is 36.4 Å². The van der Waals surface area contributed by atoms with Crippen molar-refractivity contribution >= 4 is 21.7 Å². The normalized spacial score (nSPS) is 17.8. The number of carboxylic acids is 1. The van der Waals surface area contributed by atoms with E-state index in [4.69, 9.17) is 9.84 Å². The van der Waals surface area contributed by atoms with Crippen LogP contribution in [0.1, 0.15) is 23.2 Å². The molecule has 0 aliphatic carbocycles. The summed E-state index contributed by atoms with van der Waals surface area (Å²) in [7, 11) is -3.85. The second kappa shape index (κ2) is 7.58. The number of aromatic carboxylic acids is 1. The van der Waals surface area contributed by atoms with E-state index in [1.165, 1.54) is 12.1 Å². The van der Waals surface area contributed by atoms with Crippen LogP contribution >= 0.6 is 0 Å². The zero-order valence-electron chi connectivity index (χ0n) is 12.6. The van der Waals surface area contributed by atoms with Crippen LogP contribution in [0.2, 0.25) is 0 Å². The van der Waals surface area contributed by atoms with Gasteiger partial charge in [0.25, 0.3) is 0 Å². The van der Waals surface area contributed by atoms with Crippen LogP contribution in [0.5, 0.6) is 0 Å². The van der Waals surface area contributed by atoms with E-state index in [0.717, 1.165) is 18.9 Å². The van der Waals surface area contributed by atoms with Crippen molar-refractivity contribution in [2.45, 2.75) is 23.8 Å². The first-order chi connectivity index (χ1) is 10.9. The Labute approximate surface area is 135 Å². The second-order valence-electron chi connectivity index (χ2n) is 5.17. The largest absolute Gasteiger partial charge is 0.478 e. The molecule has 1 aliphatic heterocycles. The van der Waals surface area contributed by atoms with Crippen molar-refractivity contribution in [3.8, 4) is 0 Å². The average molecular weight is 340 g/mol. The molecular weight excluding hydrogens is 320 g/mol. The van der Waals surface area contributed by atoms with E-state index in [-0.39, 0.29) is 23.1 Å². The van der Waals surface area contributed by atoms with Crippen LogP contribution in [0.25, 0.3) is 0 Å². The number of carboxylic acid groups (broad SMARTS) is 1. The Morgan fingerprint density at radius 3 is 2.87 bits per heavy atom. The number of sulfonamides is 1. The van der Waals surface area contributed by atoms with E-state index in [9.17, 15) is 13.2 Å².